The number of nitro benzene ring substituents is 1. The van der Waals surface area contributed by atoms with Crippen LogP contribution in [0.25, 0.3) is 0 Å². The van der Waals surface area contributed by atoms with Crippen LogP contribution >= 0.6 is 11.6 Å². The van der Waals surface area contributed by atoms with Gasteiger partial charge in [-0.1, -0.05) is 11.6 Å². The van der Waals surface area contributed by atoms with E-state index in [4.69, 9.17) is 16.3 Å². The van der Waals surface area contributed by atoms with Gasteiger partial charge in [-0.15, -0.1) is 0 Å². The Morgan fingerprint density at radius 2 is 1.87 bits per heavy atom. The number of halogens is 4. The Kier molecular flexibility index (Phi) is 4.55. The third kappa shape index (κ3) is 2.98. The molecule has 0 spiro atoms. The zero-order chi connectivity index (χ0) is 17.3. The summed E-state index contributed by atoms with van der Waals surface area (Å²) in [5.41, 5.74) is -1.46. The first-order chi connectivity index (χ1) is 10.8. The van der Waals surface area contributed by atoms with Crippen molar-refractivity contribution in [1.82, 2.24) is 0 Å². The third-order valence-corrected chi connectivity index (χ3v) is 3.32. The minimum atomic E-state index is -1.51. The standard InChI is InChI=1S/C14H7ClF3NO4/c1-6-11(16)10(15)14(13(18)12(6)17)23-8-2-3-9(19(21)22)7(4-8)5-20/h2-5H,1H3. The van der Waals surface area contributed by atoms with Crippen LogP contribution in [0.4, 0.5) is 18.9 Å². The molecule has 5 nitrogen and oxygen atoms in total. The van der Waals surface area contributed by atoms with Crippen molar-refractivity contribution in [2.24, 2.45) is 0 Å². The lowest BCUT2D eigenvalue weighted by molar-refractivity contribution is -0.385. The molecule has 0 aromatic heterocycles. The molecule has 0 N–H and O–H groups in total. The minimum Gasteiger partial charge on any atom is -0.452 e. The van der Waals surface area contributed by atoms with E-state index in [-0.39, 0.29) is 17.6 Å². The lowest BCUT2D eigenvalue weighted by atomic mass is 10.2. The molecule has 2 aromatic rings. The molecule has 0 bridgehead atoms. The van der Waals surface area contributed by atoms with Gasteiger partial charge in [0.2, 0.25) is 5.82 Å². The predicted octanol–water partition coefficient (Wildman–Crippen LogP) is 4.58. The summed E-state index contributed by atoms with van der Waals surface area (Å²) in [5, 5.41) is 9.93. The van der Waals surface area contributed by atoms with Crippen LogP contribution in [0.2, 0.25) is 5.02 Å². The monoisotopic (exact) mass is 345 g/mol. The number of aldehydes is 1. The van der Waals surface area contributed by atoms with Gasteiger partial charge in [0.15, 0.2) is 23.7 Å². The van der Waals surface area contributed by atoms with E-state index in [0.29, 0.717) is 0 Å². The number of nitro groups is 1. The van der Waals surface area contributed by atoms with Gasteiger partial charge in [-0.05, 0) is 19.1 Å². The van der Waals surface area contributed by atoms with Gasteiger partial charge in [-0.3, -0.25) is 14.9 Å². The number of carbonyl (C=O) groups excluding carboxylic acids is 1. The molecule has 0 aliphatic rings. The topological polar surface area (TPSA) is 69.4 Å². The highest BCUT2D eigenvalue weighted by Crippen LogP contribution is 2.38. The highest BCUT2D eigenvalue weighted by molar-refractivity contribution is 6.32. The van der Waals surface area contributed by atoms with Crippen LogP contribution in [-0.4, -0.2) is 11.2 Å². The Morgan fingerprint density at radius 1 is 1.22 bits per heavy atom. The second-order valence-electron chi connectivity index (χ2n) is 4.41. The van der Waals surface area contributed by atoms with Crippen LogP contribution in [0, 0.1) is 34.5 Å². The van der Waals surface area contributed by atoms with E-state index in [2.05, 4.69) is 0 Å². The van der Waals surface area contributed by atoms with Gasteiger partial charge in [0, 0.05) is 11.6 Å². The molecule has 120 valence electrons. The summed E-state index contributed by atoms with van der Waals surface area (Å²) in [5.74, 6) is -5.35. The maximum Gasteiger partial charge on any atom is 0.280 e. The Hall–Kier alpha value is -2.61. The van der Waals surface area contributed by atoms with Gasteiger partial charge >= 0.3 is 0 Å². The van der Waals surface area contributed by atoms with Gasteiger partial charge in [0.25, 0.3) is 5.69 Å². The quantitative estimate of drug-likeness (QED) is 0.352. The smallest absolute Gasteiger partial charge is 0.280 e. The van der Waals surface area contributed by atoms with E-state index >= 15 is 0 Å². The highest BCUT2D eigenvalue weighted by Gasteiger charge is 2.24. The zero-order valence-corrected chi connectivity index (χ0v) is 12.2. The summed E-state index contributed by atoms with van der Waals surface area (Å²) >= 11 is 5.60. The van der Waals surface area contributed by atoms with E-state index in [1.165, 1.54) is 0 Å². The fourth-order valence-electron chi connectivity index (χ4n) is 1.79. The Balaban J connectivity index is 2.52. The van der Waals surface area contributed by atoms with Crippen molar-refractivity contribution >= 4 is 23.6 Å². The molecular weight excluding hydrogens is 339 g/mol. The predicted molar refractivity (Wildman–Crippen MR) is 74.6 cm³/mol. The summed E-state index contributed by atoms with van der Waals surface area (Å²) in [6.07, 6.45) is 0.194. The van der Waals surface area contributed by atoms with Crippen molar-refractivity contribution in [3.63, 3.8) is 0 Å². The number of nitrogens with zero attached hydrogens (tertiary/aromatic N) is 1. The fourth-order valence-corrected chi connectivity index (χ4v) is 2.05. The highest BCUT2D eigenvalue weighted by atomic mass is 35.5. The van der Waals surface area contributed by atoms with E-state index in [9.17, 15) is 28.1 Å². The Bertz CT molecular complexity index is 797. The number of rotatable bonds is 4. The first-order valence-corrected chi connectivity index (χ1v) is 6.39. The first kappa shape index (κ1) is 16.8. The molecule has 0 saturated carbocycles. The van der Waals surface area contributed by atoms with Crippen molar-refractivity contribution < 1.29 is 27.6 Å². The van der Waals surface area contributed by atoms with Crippen LogP contribution < -0.4 is 4.74 Å². The molecule has 0 radical (unpaired) electrons. The summed E-state index contributed by atoms with van der Waals surface area (Å²) < 4.78 is 46.1. The van der Waals surface area contributed by atoms with Gasteiger partial charge in [-0.2, -0.15) is 4.39 Å². The molecule has 0 aliphatic heterocycles. The largest absolute Gasteiger partial charge is 0.452 e. The molecule has 23 heavy (non-hydrogen) atoms. The first-order valence-electron chi connectivity index (χ1n) is 6.02. The third-order valence-electron chi connectivity index (χ3n) is 2.99. The molecule has 2 aromatic carbocycles. The maximum absolute atomic E-state index is 13.9. The molecule has 9 heteroatoms. The van der Waals surface area contributed by atoms with Gasteiger partial charge < -0.3 is 4.74 Å². The number of hydrogen-bond donors (Lipinski definition) is 0. The molecule has 0 aliphatic carbocycles. The number of hydrogen-bond acceptors (Lipinski definition) is 4. The summed E-state index contributed by atoms with van der Waals surface area (Å²) in [6.45, 7) is 1.000. The van der Waals surface area contributed by atoms with Crippen molar-refractivity contribution in [2.75, 3.05) is 0 Å². The Morgan fingerprint density at radius 3 is 2.43 bits per heavy atom. The van der Waals surface area contributed by atoms with Crippen LogP contribution in [0.15, 0.2) is 18.2 Å². The van der Waals surface area contributed by atoms with E-state index in [1.54, 1.807) is 0 Å². The van der Waals surface area contributed by atoms with E-state index in [1.807, 2.05) is 0 Å². The summed E-state index contributed by atoms with van der Waals surface area (Å²) in [7, 11) is 0. The van der Waals surface area contributed by atoms with Crippen LogP contribution in [0.1, 0.15) is 15.9 Å². The van der Waals surface area contributed by atoms with Crippen molar-refractivity contribution in [1.29, 1.82) is 0 Å². The molecule has 0 saturated heterocycles. The zero-order valence-electron chi connectivity index (χ0n) is 11.4. The lowest BCUT2D eigenvalue weighted by Crippen LogP contribution is -2.01. The average molecular weight is 346 g/mol. The van der Waals surface area contributed by atoms with Gasteiger partial charge in [0.05, 0.1) is 10.5 Å². The average Bonchev–Trinajstić information content (AvgIpc) is 2.54. The number of carbonyl (C=O) groups is 1. The molecule has 0 atom stereocenters. The number of benzene rings is 2. The Labute approximate surface area is 132 Å². The molecule has 0 heterocycles. The van der Waals surface area contributed by atoms with Gasteiger partial charge in [-0.25, -0.2) is 8.78 Å². The van der Waals surface area contributed by atoms with E-state index in [0.717, 1.165) is 25.1 Å². The molecular formula is C14H7ClF3NO4. The maximum atomic E-state index is 13.9. The number of ether oxygens (including phenoxy) is 1. The van der Waals surface area contributed by atoms with Crippen molar-refractivity contribution in [3.05, 3.63) is 61.9 Å². The van der Waals surface area contributed by atoms with Crippen LogP contribution in [0.5, 0.6) is 11.5 Å². The van der Waals surface area contributed by atoms with Crippen LogP contribution in [0.3, 0.4) is 0 Å². The summed E-state index contributed by atoms with van der Waals surface area (Å²) in [4.78, 5) is 20.8. The molecule has 2 rings (SSSR count). The fraction of sp³-hybridized carbons (Fsp3) is 0.0714. The molecule has 0 fully saturated rings. The second kappa shape index (κ2) is 6.25. The SMILES string of the molecule is Cc1c(F)c(F)c(Oc2ccc([N+](=O)[O-])c(C=O)c2)c(Cl)c1F. The summed E-state index contributed by atoms with van der Waals surface area (Å²) in [6, 6.07) is 2.90. The molecule has 0 unspecified atom stereocenters. The van der Waals surface area contributed by atoms with Crippen LogP contribution in [-0.2, 0) is 0 Å². The minimum absolute atomic E-state index is 0.194. The second-order valence-corrected chi connectivity index (χ2v) is 4.79. The van der Waals surface area contributed by atoms with Crippen molar-refractivity contribution in [3.8, 4) is 11.5 Å². The lowest BCUT2D eigenvalue weighted by Gasteiger charge is -2.12. The van der Waals surface area contributed by atoms with E-state index < -0.39 is 44.4 Å². The van der Waals surface area contributed by atoms with Crippen molar-refractivity contribution in [2.45, 2.75) is 6.92 Å². The molecule has 0 amide bonds. The van der Waals surface area contributed by atoms with Gasteiger partial charge in [0.1, 0.15) is 10.8 Å². The normalized spacial score (nSPS) is 10.5.